The number of ether oxygens (including phenoxy) is 1. The van der Waals surface area contributed by atoms with Crippen molar-refractivity contribution in [3.63, 3.8) is 0 Å². The first-order chi connectivity index (χ1) is 10.5. The van der Waals surface area contributed by atoms with Gasteiger partial charge in [0.25, 0.3) is 0 Å². The highest BCUT2D eigenvalue weighted by atomic mass is 16.5. The van der Waals surface area contributed by atoms with Gasteiger partial charge in [-0.25, -0.2) is 4.98 Å². The van der Waals surface area contributed by atoms with Gasteiger partial charge in [-0.3, -0.25) is 4.79 Å². The van der Waals surface area contributed by atoms with Gasteiger partial charge in [0.05, 0.1) is 13.2 Å². The second-order valence-corrected chi connectivity index (χ2v) is 6.93. The molecule has 0 radical (unpaired) electrons. The number of aromatic amines is 1. The smallest absolute Gasteiger partial charge is 0.228 e. The van der Waals surface area contributed by atoms with Crippen molar-refractivity contribution in [1.82, 2.24) is 19.8 Å². The lowest BCUT2D eigenvalue weighted by atomic mass is 9.79. The highest BCUT2D eigenvalue weighted by molar-refractivity contribution is 5.82. The third kappa shape index (κ3) is 3.03. The van der Waals surface area contributed by atoms with Crippen molar-refractivity contribution in [3.05, 3.63) is 17.7 Å². The highest BCUT2D eigenvalue weighted by Crippen LogP contribution is 2.34. The lowest BCUT2D eigenvalue weighted by Crippen LogP contribution is -2.51. The summed E-state index contributed by atoms with van der Waals surface area (Å²) in [5, 5.41) is 0. The van der Waals surface area contributed by atoms with Crippen LogP contribution < -0.4 is 0 Å². The van der Waals surface area contributed by atoms with Crippen molar-refractivity contribution < 1.29 is 9.53 Å². The molecule has 6 nitrogen and oxygen atoms in total. The number of likely N-dealkylation sites (tertiary alicyclic amines) is 1. The average molecular weight is 306 g/mol. The van der Waals surface area contributed by atoms with E-state index in [-0.39, 0.29) is 17.4 Å². The van der Waals surface area contributed by atoms with Crippen molar-refractivity contribution in [1.29, 1.82) is 0 Å². The van der Waals surface area contributed by atoms with Gasteiger partial charge in [0.1, 0.15) is 11.9 Å². The zero-order valence-electron chi connectivity index (χ0n) is 13.8. The molecule has 0 saturated carbocycles. The SMILES string of the molecule is Cc1cnc(C2CN(C(=O)C3(C)CCN(C)CC3)CCO2)[nH]1. The first kappa shape index (κ1) is 15.5. The summed E-state index contributed by atoms with van der Waals surface area (Å²) in [7, 11) is 2.12. The fourth-order valence-electron chi connectivity index (χ4n) is 3.30. The number of nitrogens with one attached hydrogen (secondary N) is 1. The molecule has 122 valence electrons. The van der Waals surface area contributed by atoms with Gasteiger partial charge in [0.2, 0.25) is 5.91 Å². The summed E-state index contributed by atoms with van der Waals surface area (Å²) in [6.07, 6.45) is 3.54. The molecule has 2 aliphatic heterocycles. The Kier molecular flexibility index (Phi) is 4.23. The standard InChI is InChI=1S/C16H26N4O2/c1-12-10-17-14(18-12)13-11-20(8-9-22-13)15(21)16(2)4-6-19(3)7-5-16/h10,13H,4-9,11H2,1-3H3,(H,17,18). The maximum Gasteiger partial charge on any atom is 0.228 e. The lowest BCUT2D eigenvalue weighted by Gasteiger charge is -2.42. The van der Waals surface area contributed by atoms with Crippen molar-refractivity contribution in [2.24, 2.45) is 5.41 Å². The molecule has 1 N–H and O–H groups in total. The molecule has 1 aromatic heterocycles. The largest absolute Gasteiger partial charge is 0.367 e. The van der Waals surface area contributed by atoms with Crippen LogP contribution in [-0.4, -0.2) is 65.5 Å². The number of H-pyrrole nitrogens is 1. The van der Waals surface area contributed by atoms with Gasteiger partial charge in [0, 0.05) is 23.9 Å². The Hall–Kier alpha value is -1.40. The molecule has 2 saturated heterocycles. The topological polar surface area (TPSA) is 61.5 Å². The van der Waals surface area contributed by atoms with E-state index in [0.717, 1.165) is 37.4 Å². The van der Waals surface area contributed by atoms with E-state index >= 15 is 0 Å². The molecule has 0 aromatic carbocycles. The molecule has 1 atom stereocenters. The van der Waals surface area contributed by atoms with E-state index in [1.807, 2.05) is 11.8 Å². The Bertz CT molecular complexity index is 534. The van der Waals surface area contributed by atoms with Gasteiger partial charge >= 0.3 is 0 Å². The Morgan fingerprint density at radius 2 is 2.14 bits per heavy atom. The normalized spacial score (nSPS) is 26.1. The predicted molar refractivity (Wildman–Crippen MR) is 83.4 cm³/mol. The molecule has 22 heavy (non-hydrogen) atoms. The second-order valence-electron chi connectivity index (χ2n) is 6.93. The van der Waals surface area contributed by atoms with Crippen LogP contribution in [0.15, 0.2) is 6.20 Å². The maximum atomic E-state index is 13.0. The summed E-state index contributed by atoms with van der Waals surface area (Å²) >= 11 is 0. The third-order valence-electron chi connectivity index (χ3n) is 4.99. The number of nitrogens with zero attached hydrogens (tertiary/aromatic N) is 3. The Labute approximate surface area is 131 Å². The first-order valence-corrected chi connectivity index (χ1v) is 8.09. The third-order valence-corrected chi connectivity index (χ3v) is 4.99. The number of imidazole rings is 1. The van der Waals surface area contributed by atoms with Gasteiger partial charge < -0.3 is 19.5 Å². The highest BCUT2D eigenvalue weighted by Gasteiger charge is 2.40. The van der Waals surface area contributed by atoms with Crippen molar-refractivity contribution >= 4 is 5.91 Å². The average Bonchev–Trinajstić information content (AvgIpc) is 2.96. The molecule has 3 heterocycles. The molecule has 0 bridgehead atoms. The molecular formula is C16H26N4O2. The van der Waals surface area contributed by atoms with Crippen LogP contribution in [-0.2, 0) is 9.53 Å². The lowest BCUT2D eigenvalue weighted by molar-refractivity contribution is -0.151. The number of rotatable bonds is 2. The number of hydrogen-bond donors (Lipinski definition) is 1. The predicted octanol–water partition coefficient (Wildman–Crippen LogP) is 1.35. The van der Waals surface area contributed by atoms with E-state index in [0.29, 0.717) is 19.7 Å². The zero-order valence-corrected chi connectivity index (χ0v) is 13.8. The fraction of sp³-hybridized carbons (Fsp3) is 0.750. The van der Waals surface area contributed by atoms with E-state index in [4.69, 9.17) is 4.74 Å². The number of aryl methyl sites for hydroxylation is 1. The van der Waals surface area contributed by atoms with Crippen LogP contribution in [0.5, 0.6) is 0 Å². The minimum atomic E-state index is -0.229. The van der Waals surface area contributed by atoms with E-state index in [9.17, 15) is 4.79 Å². The van der Waals surface area contributed by atoms with Crippen molar-refractivity contribution in [2.45, 2.75) is 32.8 Å². The molecule has 2 aliphatic rings. The van der Waals surface area contributed by atoms with Crippen molar-refractivity contribution in [3.8, 4) is 0 Å². The van der Waals surface area contributed by atoms with Crippen LogP contribution in [0.25, 0.3) is 0 Å². The quantitative estimate of drug-likeness (QED) is 0.896. The molecule has 2 fully saturated rings. The minimum absolute atomic E-state index is 0.138. The van der Waals surface area contributed by atoms with Crippen LogP contribution in [0, 0.1) is 12.3 Å². The van der Waals surface area contributed by atoms with Gasteiger partial charge in [-0.05, 0) is 39.9 Å². The molecular weight excluding hydrogens is 280 g/mol. The molecule has 0 aliphatic carbocycles. The number of carbonyl (C=O) groups is 1. The van der Waals surface area contributed by atoms with Gasteiger partial charge in [-0.15, -0.1) is 0 Å². The number of hydrogen-bond acceptors (Lipinski definition) is 4. The fourth-order valence-corrected chi connectivity index (χ4v) is 3.30. The molecule has 1 aromatic rings. The van der Waals surface area contributed by atoms with E-state index in [1.165, 1.54) is 0 Å². The first-order valence-electron chi connectivity index (χ1n) is 8.09. The summed E-state index contributed by atoms with van der Waals surface area (Å²) in [6, 6.07) is 0. The van der Waals surface area contributed by atoms with E-state index in [2.05, 4.69) is 28.8 Å². The Morgan fingerprint density at radius 3 is 2.77 bits per heavy atom. The van der Waals surface area contributed by atoms with Gasteiger partial charge in [-0.2, -0.15) is 0 Å². The van der Waals surface area contributed by atoms with Crippen LogP contribution in [0.2, 0.25) is 0 Å². The summed E-state index contributed by atoms with van der Waals surface area (Å²) in [6.45, 7) is 7.93. The Balaban J connectivity index is 1.67. The minimum Gasteiger partial charge on any atom is -0.367 e. The van der Waals surface area contributed by atoms with Crippen LogP contribution in [0.3, 0.4) is 0 Å². The zero-order chi connectivity index (χ0) is 15.7. The number of amides is 1. The van der Waals surface area contributed by atoms with Gasteiger partial charge in [0.15, 0.2) is 0 Å². The summed E-state index contributed by atoms with van der Waals surface area (Å²) < 4.78 is 5.80. The summed E-state index contributed by atoms with van der Waals surface area (Å²) in [5.41, 5.74) is 0.789. The van der Waals surface area contributed by atoms with E-state index < -0.39 is 0 Å². The molecule has 1 unspecified atom stereocenters. The number of aromatic nitrogens is 2. The molecule has 6 heteroatoms. The number of carbonyl (C=O) groups excluding carboxylic acids is 1. The monoisotopic (exact) mass is 306 g/mol. The van der Waals surface area contributed by atoms with E-state index in [1.54, 1.807) is 6.20 Å². The summed E-state index contributed by atoms with van der Waals surface area (Å²) in [5.74, 6) is 1.10. The van der Waals surface area contributed by atoms with Crippen LogP contribution in [0.4, 0.5) is 0 Å². The van der Waals surface area contributed by atoms with Crippen LogP contribution in [0.1, 0.15) is 37.4 Å². The van der Waals surface area contributed by atoms with Gasteiger partial charge in [-0.1, -0.05) is 6.92 Å². The summed E-state index contributed by atoms with van der Waals surface area (Å²) in [4.78, 5) is 24.8. The number of piperidine rings is 1. The number of morpholine rings is 1. The van der Waals surface area contributed by atoms with Crippen LogP contribution >= 0.6 is 0 Å². The maximum absolute atomic E-state index is 13.0. The molecule has 0 spiro atoms. The Morgan fingerprint density at radius 1 is 1.41 bits per heavy atom. The molecule has 3 rings (SSSR count). The molecule has 1 amide bonds. The second kappa shape index (κ2) is 6.01. The van der Waals surface area contributed by atoms with Crippen molar-refractivity contribution in [2.75, 3.05) is 39.8 Å².